The first-order chi connectivity index (χ1) is 14.9. The third-order valence-corrected chi connectivity index (χ3v) is 6.22. The van der Waals surface area contributed by atoms with Crippen LogP contribution >= 0.6 is 0 Å². The molecule has 3 rings (SSSR count). The Morgan fingerprint density at radius 1 is 1.19 bits per heavy atom. The highest BCUT2D eigenvalue weighted by atomic mass is 19.4. The van der Waals surface area contributed by atoms with Crippen molar-refractivity contribution in [3.05, 3.63) is 29.6 Å². The summed E-state index contributed by atoms with van der Waals surface area (Å²) in [6.45, 7) is 2.17. The molecule has 2 fully saturated rings. The van der Waals surface area contributed by atoms with E-state index >= 15 is 0 Å². The van der Waals surface area contributed by atoms with Crippen LogP contribution in [-0.2, 0) is 9.53 Å². The summed E-state index contributed by atoms with van der Waals surface area (Å²) >= 11 is 0. The van der Waals surface area contributed by atoms with Crippen molar-refractivity contribution in [2.24, 2.45) is 0 Å². The number of likely N-dealkylation sites (N-methyl/N-ethyl adjacent to an activating group) is 1. The second-order valence-corrected chi connectivity index (χ2v) is 7.93. The van der Waals surface area contributed by atoms with E-state index in [4.69, 9.17) is 19.4 Å². The van der Waals surface area contributed by atoms with Gasteiger partial charge in [0.15, 0.2) is 11.6 Å². The molecule has 1 amide bonds. The van der Waals surface area contributed by atoms with Gasteiger partial charge >= 0.3 is 12.1 Å². The molecular formula is C21H28F4N2O5. The summed E-state index contributed by atoms with van der Waals surface area (Å²) < 4.78 is 55.8. The Balaban J connectivity index is 0.000000451. The second-order valence-electron chi connectivity index (χ2n) is 7.93. The molecule has 180 valence electrons. The first kappa shape index (κ1) is 25.9. The fraction of sp³-hybridized carbons (Fsp3) is 0.619. The molecule has 1 aromatic carbocycles. The van der Waals surface area contributed by atoms with E-state index < -0.39 is 18.0 Å². The highest BCUT2D eigenvalue weighted by Crippen LogP contribution is 2.40. The topological polar surface area (TPSA) is 79.3 Å². The third-order valence-electron chi connectivity index (χ3n) is 6.22. The Hall–Kier alpha value is -2.40. The number of rotatable bonds is 4. The number of hydrogen-bond donors (Lipinski definition) is 1. The van der Waals surface area contributed by atoms with Gasteiger partial charge in [0.1, 0.15) is 0 Å². The monoisotopic (exact) mass is 464 g/mol. The summed E-state index contributed by atoms with van der Waals surface area (Å²) in [7, 11) is 5.33. The number of alkyl halides is 3. The number of amides is 1. The summed E-state index contributed by atoms with van der Waals surface area (Å²) in [6, 6.07) is 4.86. The number of ether oxygens (including phenoxy) is 2. The number of methoxy groups -OCH3 is 2. The van der Waals surface area contributed by atoms with E-state index in [0.717, 1.165) is 32.3 Å². The van der Waals surface area contributed by atoms with Crippen molar-refractivity contribution < 1.29 is 41.7 Å². The van der Waals surface area contributed by atoms with E-state index in [1.165, 1.54) is 19.2 Å². The lowest BCUT2D eigenvalue weighted by Crippen LogP contribution is -2.54. The molecule has 1 spiro atoms. The molecule has 0 aliphatic carbocycles. The van der Waals surface area contributed by atoms with E-state index in [9.17, 15) is 22.4 Å². The second kappa shape index (κ2) is 10.5. The van der Waals surface area contributed by atoms with Gasteiger partial charge in [-0.15, -0.1) is 0 Å². The maximum Gasteiger partial charge on any atom is 0.490 e. The number of carbonyl (C=O) groups excluding carboxylic acids is 1. The Bertz CT molecular complexity index is 810. The SMILES string of the molecule is COCC1CCC2(CCN(C(=O)c3ccc(OC)c(F)c3)CC2)N1C.O=C(O)C(F)(F)F. The zero-order chi connectivity index (χ0) is 24.1. The van der Waals surface area contributed by atoms with Crippen molar-refractivity contribution in [1.29, 1.82) is 0 Å². The Labute approximate surface area is 183 Å². The lowest BCUT2D eigenvalue weighted by Gasteiger charge is -2.45. The molecule has 2 aliphatic rings. The van der Waals surface area contributed by atoms with E-state index in [2.05, 4.69) is 11.9 Å². The summed E-state index contributed by atoms with van der Waals surface area (Å²) in [5.41, 5.74) is 0.553. The molecule has 1 atom stereocenters. The van der Waals surface area contributed by atoms with Crippen molar-refractivity contribution in [1.82, 2.24) is 9.80 Å². The molecule has 2 heterocycles. The third kappa shape index (κ3) is 5.89. The van der Waals surface area contributed by atoms with Gasteiger partial charge in [-0.05, 0) is 50.9 Å². The number of piperidine rings is 1. The number of nitrogens with zero attached hydrogens (tertiary/aromatic N) is 2. The number of carbonyl (C=O) groups is 2. The van der Waals surface area contributed by atoms with Gasteiger partial charge in [-0.2, -0.15) is 13.2 Å². The first-order valence-corrected chi connectivity index (χ1v) is 10.1. The van der Waals surface area contributed by atoms with Crippen molar-refractivity contribution in [3.63, 3.8) is 0 Å². The molecule has 2 saturated heterocycles. The van der Waals surface area contributed by atoms with Gasteiger partial charge in [0.25, 0.3) is 5.91 Å². The smallest absolute Gasteiger partial charge is 0.490 e. The van der Waals surface area contributed by atoms with Crippen molar-refractivity contribution in [2.45, 2.75) is 43.4 Å². The zero-order valence-electron chi connectivity index (χ0n) is 18.2. The minimum absolute atomic E-state index is 0.106. The number of benzene rings is 1. The van der Waals surface area contributed by atoms with Crippen LogP contribution in [-0.4, -0.2) is 85.5 Å². The van der Waals surface area contributed by atoms with Gasteiger partial charge in [0.05, 0.1) is 13.7 Å². The van der Waals surface area contributed by atoms with E-state index in [0.29, 0.717) is 24.7 Å². The fourth-order valence-electron chi connectivity index (χ4n) is 4.29. The number of halogens is 4. The van der Waals surface area contributed by atoms with Gasteiger partial charge < -0.3 is 19.5 Å². The standard InChI is InChI=1S/C19H27FN2O3.C2HF3O2/c1-21-15(13-24-2)6-7-19(21)8-10-22(11-9-19)18(23)14-4-5-17(25-3)16(20)12-14;3-2(4,5)1(6)7/h4-5,12,15H,6-11,13H2,1-3H3;(H,6,7). The van der Waals surface area contributed by atoms with Crippen LogP contribution in [0.3, 0.4) is 0 Å². The van der Waals surface area contributed by atoms with E-state index in [1.54, 1.807) is 13.2 Å². The zero-order valence-corrected chi connectivity index (χ0v) is 18.2. The minimum Gasteiger partial charge on any atom is -0.494 e. The maximum atomic E-state index is 13.9. The average molecular weight is 464 g/mol. The molecule has 1 aromatic rings. The predicted octanol–water partition coefficient (Wildman–Crippen LogP) is 3.18. The van der Waals surface area contributed by atoms with E-state index in [-0.39, 0.29) is 17.2 Å². The molecule has 7 nitrogen and oxygen atoms in total. The van der Waals surface area contributed by atoms with Crippen LogP contribution in [0, 0.1) is 5.82 Å². The quantitative estimate of drug-likeness (QED) is 0.690. The molecular weight excluding hydrogens is 436 g/mol. The number of carboxylic acids is 1. The van der Waals surface area contributed by atoms with Crippen LogP contribution in [0.5, 0.6) is 5.75 Å². The molecule has 0 saturated carbocycles. The van der Waals surface area contributed by atoms with Crippen molar-refractivity contribution in [2.75, 3.05) is 41.0 Å². The molecule has 1 unspecified atom stereocenters. The van der Waals surface area contributed by atoms with Crippen LogP contribution in [0.15, 0.2) is 18.2 Å². The van der Waals surface area contributed by atoms with Crippen LogP contribution in [0.1, 0.15) is 36.0 Å². The Morgan fingerprint density at radius 2 is 1.78 bits per heavy atom. The van der Waals surface area contributed by atoms with Crippen LogP contribution in [0.25, 0.3) is 0 Å². The lowest BCUT2D eigenvalue weighted by atomic mass is 9.85. The molecule has 0 bridgehead atoms. The molecule has 32 heavy (non-hydrogen) atoms. The Kier molecular flexibility index (Phi) is 8.47. The summed E-state index contributed by atoms with van der Waals surface area (Å²) in [4.78, 5) is 25.9. The number of hydrogen-bond acceptors (Lipinski definition) is 5. The van der Waals surface area contributed by atoms with Gasteiger partial charge in [0, 0.05) is 37.3 Å². The van der Waals surface area contributed by atoms with Crippen molar-refractivity contribution >= 4 is 11.9 Å². The average Bonchev–Trinajstić information content (AvgIpc) is 3.03. The lowest BCUT2D eigenvalue weighted by molar-refractivity contribution is -0.192. The highest BCUT2D eigenvalue weighted by Gasteiger charge is 2.46. The van der Waals surface area contributed by atoms with Crippen LogP contribution in [0.2, 0.25) is 0 Å². The number of likely N-dealkylation sites (tertiary alicyclic amines) is 2. The number of carboxylic acid groups (broad SMARTS) is 1. The minimum atomic E-state index is -5.08. The van der Waals surface area contributed by atoms with Crippen LogP contribution < -0.4 is 4.74 Å². The van der Waals surface area contributed by atoms with E-state index in [1.807, 2.05) is 4.90 Å². The van der Waals surface area contributed by atoms with Crippen LogP contribution in [0.4, 0.5) is 17.6 Å². The summed E-state index contributed by atoms with van der Waals surface area (Å²) in [6.07, 6.45) is -0.888. The van der Waals surface area contributed by atoms with Crippen molar-refractivity contribution in [3.8, 4) is 5.75 Å². The maximum absolute atomic E-state index is 13.9. The highest BCUT2D eigenvalue weighted by molar-refractivity contribution is 5.94. The van der Waals surface area contributed by atoms with Gasteiger partial charge in [0.2, 0.25) is 0 Å². The summed E-state index contributed by atoms with van der Waals surface area (Å²) in [5, 5.41) is 7.12. The molecule has 11 heteroatoms. The molecule has 0 aromatic heterocycles. The molecule has 1 N–H and O–H groups in total. The van der Waals surface area contributed by atoms with Gasteiger partial charge in [-0.1, -0.05) is 0 Å². The largest absolute Gasteiger partial charge is 0.494 e. The Morgan fingerprint density at radius 3 is 2.25 bits per heavy atom. The predicted molar refractivity (Wildman–Crippen MR) is 107 cm³/mol. The van der Waals surface area contributed by atoms with Gasteiger partial charge in [-0.3, -0.25) is 9.69 Å². The first-order valence-electron chi connectivity index (χ1n) is 10.1. The normalized spacial score (nSPS) is 20.6. The fourth-order valence-corrected chi connectivity index (χ4v) is 4.29. The molecule has 2 aliphatic heterocycles. The number of aliphatic carboxylic acids is 1. The molecule has 0 radical (unpaired) electrons. The van der Waals surface area contributed by atoms with Gasteiger partial charge in [-0.25, -0.2) is 9.18 Å². The summed E-state index contributed by atoms with van der Waals surface area (Å²) in [5.74, 6) is -3.20.